The van der Waals surface area contributed by atoms with Crippen LogP contribution in [-0.2, 0) is 6.54 Å². The third-order valence-corrected chi connectivity index (χ3v) is 3.98. The van der Waals surface area contributed by atoms with Gasteiger partial charge < -0.3 is 9.67 Å². The SMILES string of the molecule is O=C(O)c1cn(Cc2ccc(F)cc2Cl)c2ccc(F)cc2c1=O. The molecule has 24 heavy (non-hydrogen) atoms. The number of pyridine rings is 1. The number of nitrogens with zero attached hydrogens (tertiary/aromatic N) is 1. The highest BCUT2D eigenvalue weighted by Gasteiger charge is 2.16. The molecule has 0 aliphatic rings. The quantitative estimate of drug-likeness (QED) is 0.784. The first-order valence-electron chi connectivity index (χ1n) is 6.87. The molecule has 0 amide bonds. The first kappa shape index (κ1) is 16.1. The van der Waals surface area contributed by atoms with E-state index in [-0.39, 0.29) is 17.0 Å². The number of hydrogen-bond acceptors (Lipinski definition) is 2. The Kier molecular flexibility index (Phi) is 4.07. The highest BCUT2D eigenvalue weighted by atomic mass is 35.5. The summed E-state index contributed by atoms with van der Waals surface area (Å²) in [6.07, 6.45) is 1.17. The van der Waals surface area contributed by atoms with Gasteiger partial charge in [-0.05, 0) is 35.9 Å². The van der Waals surface area contributed by atoms with Crippen molar-refractivity contribution in [1.82, 2.24) is 4.57 Å². The summed E-state index contributed by atoms with van der Waals surface area (Å²) in [7, 11) is 0. The van der Waals surface area contributed by atoms with Crippen LogP contribution in [-0.4, -0.2) is 15.6 Å². The van der Waals surface area contributed by atoms with Crippen molar-refractivity contribution < 1.29 is 18.7 Å². The molecule has 1 aromatic heterocycles. The lowest BCUT2D eigenvalue weighted by molar-refractivity contribution is 0.0695. The molecule has 1 N–H and O–H groups in total. The number of halogens is 3. The van der Waals surface area contributed by atoms with E-state index in [2.05, 4.69) is 0 Å². The molecule has 3 rings (SSSR count). The predicted molar refractivity (Wildman–Crippen MR) is 85.6 cm³/mol. The highest BCUT2D eigenvalue weighted by Crippen LogP contribution is 2.21. The van der Waals surface area contributed by atoms with Gasteiger partial charge in [0, 0.05) is 23.2 Å². The second kappa shape index (κ2) is 6.05. The largest absolute Gasteiger partial charge is 0.477 e. The molecule has 3 aromatic rings. The zero-order chi connectivity index (χ0) is 17.4. The minimum Gasteiger partial charge on any atom is -0.477 e. The van der Waals surface area contributed by atoms with Gasteiger partial charge in [0.25, 0.3) is 0 Å². The van der Waals surface area contributed by atoms with E-state index in [1.165, 1.54) is 35.0 Å². The lowest BCUT2D eigenvalue weighted by Crippen LogP contribution is -2.19. The van der Waals surface area contributed by atoms with Gasteiger partial charge in [-0.15, -0.1) is 0 Å². The summed E-state index contributed by atoms with van der Waals surface area (Å²) in [5.74, 6) is -2.56. The predicted octanol–water partition coefficient (Wildman–Crippen LogP) is 3.68. The minimum atomic E-state index is -1.41. The zero-order valence-corrected chi connectivity index (χ0v) is 12.8. The van der Waals surface area contributed by atoms with E-state index < -0.39 is 28.6 Å². The number of benzene rings is 2. The number of carboxylic acids is 1. The first-order valence-corrected chi connectivity index (χ1v) is 7.24. The number of hydrogen-bond donors (Lipinski definition) is 1. The average molecular weight is 350 g/mol. The molecule has 0 aliphatic heterocycles. The van der Waals surface area contributed by atoms with Crippen molar-refractivity contribution >= 4 is 28.5 Å². The molecule has 0 radical (unpaired) electrons. The summed E-state index contributed by atoms with van der Waals surface area (Å²) in [5, 5.41) is 9.31. The molecular weight excluding hydrogens is 340 g/mol. The fraction of sp³-hybridized carbons (Fsp3) is 0.0588. The van der Waals surface area contributed by atoms with Gasteiger partial charge in [-0.25, -0.2) is 13.6 Å². The maximum absolute atomic E-state index is 13.5. The third-order valence-electron chi connectivity index (χ3n) is 3.63. The van der Waals surface area contributed by atoms with Crippen molar-refractivity contribution in [1.29, 1.82) is 0 Å². The summed E-state index contributed by atoms with van der Waals surface area (Å²) >= 11 is 6.00. The van der Waals surface area contributed by atoms with E-state index in [4.69, 9.17) is 11.6 Å². The molecule has 0 saturated heterocycles. The van der Waals surface area contributed by atoms with Gasteiger partial charge in [-0.3, -0.25) is 4.79 Å². The van der Waals surface area contributed by atoms with Crippen LogP contribution in [0, 0.1) is 11.6 Å². The van der Waals surface area contributed by atoms with Gasteiger partial charge in [0.15, 0.2) is 0 Å². The number of rotatable bonds is 3. The maximum Gasteiger partial charge on any atom is 0.341 e. The molecule has 0 spiro atoms. The molecule has 7 heteroatoms. The summed E-state index contributed by atoms with van der Waals surface area (Å²) in [4.78, 5) is 23.5. The monoisotopic (exact) mass is 349 g/mol. The molecular formula is C17H10ClF2NO3. The molecule has 122 valence electrons. The van der Waals surface area contributed by atoms with Crippen molar-refractivity contribution in [3.05, 3.63) is 80.6 Å². The molecule has 4 nitrogen and oxygen atoms in total. The van der Waals surface area contributed by atoms with Crippen LogP contribution in [0.4, 0.5) is 8.78 Å². The van der Waals surface area contributed by atoms with Gasteiger partial charge in [-0.1, -0.05) is 17.7 Å². The fourth-order valence-electron chi connectivity index (χ4n) is 2.49. The second-order valence-corrected chi connectivity index (χ2v) is 5.61. The molecule has 1 heterocycles. The molecule has 0 unspecified atom stereocenters. The first-order chi connectivity index (χ1) is 11.4. The van der Waals surface area contributed by atoms with E-state index in [0.717, 1.165) is 12.1 Å². The third kappa shape index (κ3) is 2.88. The van der Waals surface area contributed by atoms with Gasteiger partial charge >= 0.3 is 5.97 Å². The summed E-state index contributed by atoms with van der Waals surface area (Å²) < 4.78 is 28.1. The van der Waals surface area contributed by atoms with Crippen LogP contribution in [0.15, 0.2) is 47.4 Å². The van der Waals surface area contributed by atoms with Crippen LogP contribution in [0.25, 0.3) is 10.9 Å². The molecule has 0 bridgehead atoms. The van der Waals surface area contributed by atoms with E-state index in [1.807, 2.05) is 0 Å². The fourth-order valence-corrected chi connectivity index (χ4v) is 2.71. The highest BCUT2D eigenvalue weighted by molar-refractivity contribution is 6.31. The van der Waals surface area contributed by atoms with Crippen LogP contribution >= 0.6 is 11.6 Å². The molecule has 0 fully saturated rings. The standard InChI is InChI=1S/C17H10ClF2NO3/c18-14-6-11(20)2-1-9(14)7-21-8-13(17(23)24)16(22)12-5-10(19)3-4-15(12)21/h1-6,8H,7H2,(H,23,24). The maximum atomic E-state index is 13.5. The lowest BCUT2D eigenvalue weighted by Gasteiger charge is -2.13. The zero-order valence-electron chi connectivity index (χ0n) is 12.1. The van der Waals surface area contributed by atoms with Crippen molar-refractivity contribution in [2.24, 2.45) is 0 Å². The minimum absolute atomic E-state index is 0.0480. The van der Waals surface area contributed by atoms with E-state index in [0.29, 0.717) is 11.1 Å². The van der Waals surface area contributed by atoms with Gasteiger partial charge in [-0.2, -0.15) is 0 Å². The summed E-state index contributed by atoms with van der Waals surface area (Å²) in [6, 6.07) is 7.38. The molecule has 0 atom stereocenters. The smallest absolute Gasteiger partial charge is 0.341 e. The second-order valence-electron chi connectivity index (χ2n) is 5.20. The Morgan fingerprint density at radius 3 is 2.46 bits per heavy atom. The van der Waals surface area contributed by atoms with E-state index in [1.54, 1.807) is 0 Å². The van der Waals surface area contributed by atoms with Crippen molar-refractivity contribution in [2.45, 2.75) is 6.54 Å². The Bertz CT molecular complexity index is 1030. The van der Waals surface area contributed by atoms with Crippen LogP contribution < -0.4 is 5.43 Å². The number of carbonyl (C=O) groups is 1. The Hall–Kier alpha value is -2.73. The number of aromatic nitrogens is 1. The van der Waals surface area contributed by atoms with Crippen LogP contribution in [0.3, 0.4) is 0 Å². The van der Waals surface area contributed by atoms with Crippen molar-refractivity contribution in [3.63, 3.8) is 0 Å². The molecule has 2 aromatic carbocycles. The van der Waals surface area contributed by atoms with Crippen LogP contribution in [0.2, 0.25) is 5.02 Å². The summed E-state index contributed by atoms with van der Waals surface area (Å²) in [6.45, 7) is 0.0990. The lowest BCUT2D eigenvalue weighted by atomic mass is 10.1. The Labute approximate surface area is 139 Å². The van der Waals surface area contributed by atoms with Gasteiger partial charge in [0.05, 0.1) is 5.52 Å². The van der Waals surface area contributed by atoms with Crippen LogP contribution in [0.5, 0.6) is 0 Å². The molecule has 0 aliphatic carbocycles. The van der Waals surface area contributed by atoms with E-state index in [9.17, 15) is 23.5 Å². The van der Waals surface area contributed by atoms with Gasteiger partial charge in [0.2, 0.25) is 5.43 Å². The number of carboxylic acid groups (broad SMARTS) is 1. The topological polar surface area (TPSA) is 59.3 Å². The Morgan fingerprint density at radius 2 is 1.79 bits per heavy atom. The average Bonchev–Trinajstić information content (AvgIpc) is 2.52. The number of aromatic carboxylic acids is 1. The number of fused-ring (bicyclic) bond motifs is 1. The van der Waals surface area contributed by atoms with Crippen LogP contribution in [0.1, 0.15) is 15.9 Å². The van der Waals surface area contributed by atoms with Crippen molar-refractivity contribution in [2.75, 3.05) is 0 Å². The summed E-state index contributed by atoms with van der Waals surface area (Å²) in [5.41, 5.74) is -0.361. The van der Waals surface area contributed by atoms with E-state index >= 15 is 0 Å². The Balaban J connectivity index is 2.25. The Morgan fingerprint density at radius 1 is 1.12 bits per heavy atom. The molecule has 0 saturated carbocycles. The normalized spacial score (nSPS) is 11.0. The van der Waals surface area contributed by atoms with Crippen molar-refractivity contribution in [3.8, 4) is 0 Å². The van der Waals surface area contributed by atoms with Gasteiger partial charge in [0.1, 0.15) is 17.2 Å².